The van der Waals surface area contributed by atoms with Crippen molar-refractivity contribution in [2.75, 3.05) is 0 Å². The van der Waals surface area contributed by atoms with Crippen molar-refractivity contribution in [1.29, 1.82) is 0 Å². The molecule has 0 bridgehead atoms. The molecule has 0 aliphatic carbocycles. The second-order valence-corrected chi connectivity index (χ2v) is 4.28. The average molecular weight is 279 g/mol. The molecular formula is C13H11BrO2. The number of ether oxygens (including phenoxy) is 1. The lowest BCUT2D eigenvalue weighted by atomic mass is 10.2. The fourth-order valence-electron chi connectivity index (χ4n) is 1.35. The first-order chi connectivity index (χ1) is 7.78. The quantitative estimate of drug-likeness (QED) is 0.927. The van der Waals surface area contributed by atoms with Crippen molar-refractivity contribution in [3.63, 3.8) is 0 Å². The molecule has 3 heteroatoms. The van der Waals surface area contributed by atoms with Gasteiger partial charge in [0.15, 0.2) is 0 Å². The lowest BCUT2D eigenvalue weighted by Crippen LogP contribution is -1.87. The number of aliphatic hydroxyl groups is 1. The minimum atomic E-state index is 0.0253. The Balaban J connectivity index is 2.16. The van der Waals surface area contributed by atoms with Gasteiger partial charge in [0.25, 0.3) is 0 Å². The molecule has 0 aromatic heterocycles. The molecule has 0 saturated carbocycles. The fourth-order valence-corrected chi connectivity index (χ4v) is 1.61. The van der Waals surface area contributed by atoms with E-state index in [9.17, 15) is 0 Å². The molecule has 0 aliphatic heterocycles. The Morgan fingerprint density at radius 3 is 2.44 bits per heavy atom. The van der Waals surface area contributed by atoms with E-state index in [1.165, 1.54) is 0 Å². The molecule has 2 rings (SSSR count). The van der Waals surface area contributed by atoms with Crippen molar-refractivity contribution in [1.82, 2.24) is 0 Å². The molecule has 0 radical (unpaired) electrons. The van der Waals surface area contributed by atoms with Crippen molar-refractivity contribution in [3.8, 4) is 11.5 Å². The highest BCUT2D eigenvalue weighted by molar-refractivity contribution is 9.10. The summed E-state index contributed by atoms with van der Waals surface area (Å²) in [5, 5.41) is 9.00. The molecule has 0 saturated heterocycles. The lowest BCUT2D eigenvalue weighted by molar-refractivity contribution is 0.281. The van der Waals surface area contributed by atoms with E-state index in [2.05, 4.69) is 15.9 Å². The Bertz CT molecular complexity index is 466. The minimum Gasteiger partial charge on any atom is -0.457 e. The number of hydrogen-bond acceptors (Lipinski definition) is 2. The third-order valence-electron chi connectivity index (χ3n) is 2.13. The fraction of sp³-hybridized carbons (Fsp3) is 0.0769. The normalized spacial score (nSPS) is 10.1. The molecule has 0 atom stereocenters. The van der Waals surface area contributed by atoms with E-state index < -0.39 is 0 Å². The van der Waals surface area contributed by atoms with E-state index in [1.807, 2.05) is 48.5 Å². The molecule has 0 spiro atoms. The van der Waals surface area contributed by atoms with Crippen LogP contribution in [0, 0.1) is 0 Å². The van der Waals surface area contributed by atoms with Crippen LogP contribution in [0.15, 0.2) is 53.0 Å². The van der Waals surface area contributed by atoms with E-state index in [4.69, 9.17) is 9.84 Å². The third-order valence-corrected chi connectivity index (χ3v) is 2.66. The lowest BCUT2D eigenvalue weighted by Gasteiger charge is -2.06. The van der Waals surface area contributed by atoms with Gasteiger partial charge < -0.3 is 9.84 Å². The molecule has 0 amide bonds. The molecule has 0 unspecified atom stereocenters. The summed E-state index contributed by atoms with van der Waals surface area (Å²) in [6.45, 7) is 0.0253. The van der Waals surface area contributed by atoms with Gasteiger partial charge in [0.05, 0.1) is 6.61 Å². The SMILES string of the molecule is OCc1cccc(Oc2ccc(Br)cc2)c1. The van der Waals surface area contributed by atoms with Crippen LogP contribution in [0.5, 0.6) is 11.5 Å². The highest BCUT2D eigenvalue weighted by Gasteiger charge is 1.98. The van der Waals surface area contributed by atoms with Crippen LogP contribution in [0.3, 0.4) is 0 Å². The molecule has 2 nitrogen and oxygen atoms in total. The smallest absolute Gasteiger partial charge is 0.127 e. The summed E-state index contributed by atoms with van der Waals surface area (Å²) in [7, 11) is 0. The third kappa shape index (κ3) is 2.84. The first kappa shape index (κ1) is 11.2. The molecule has 0 aliphatic rings. The van der Waals surface area contributed by atoms with Crippen molar-refractivity contribution in [3.05, 3.63) is 58.6 Å². The molecule has 2 aromatic carbocycles. The summed E-state index contributed by atoms with van der Waals surface area (Å²) in [4.78, 5) is 0. The van der Waals surface area contributed by atoms with Crippen LogP contribution in [-0.2, 0) is 6.61 Å². The van der Waals surface area contributed by atoms with Gasteiger partial charge >= 0.3 is 0 Å². The number of benzene rings is 2. The Morgan fingerprint density at radius 1 is 1.00 bits per heavy atom. The van der Waals surface area contributed by atoms with Gasteiger partial charge in [-0.05, 0) is 42.0 Å². The van der Waals surface area contributed by atoms with Crippen molar-refractivity contribution in [2.24, 2.45) is 0 Å². The zero-order valence-electron chi connectivity index (χ0n) is 8.56. The standard InChI is InChI=1S/C13H11BrO2/c14-11-4-6-12(7-5-11)16-13-3-1-2-10(8-13)9-15/h1-8,15H,9H2. The van der Waals surface area contributed by atoms with E-state index in [-0.39, 0.29) is 6.61 Å². The number of rotatable bonds is 3. The topological polar surface area (TPSA) is 29.5 Å². The summed E-state index contributed by atoms with van der Waals surface area (Å²) in [5.74, 6) is 1.51. The zero-order chi connectivity index (χ0) is 11.4. The average Bonchev–Trinajstić information content (AvgIpc) is 2.32. The van der Waals surface area contributed by atoms with Crippen LogP contribution in [0.4, 0.5) is 0 Å². The molecule has 2 aromatic rings. The second kappa shape index (κ2) is 5.14. The van der Waals surface area contributed by atoms with E-state index in [1.54, 1.807) is 0 Å². The Kier molecular flexibility index (Phi) is 3.59. The Labute approximate surface area is 103 Å². The molecular weight excluding hydrogens is 268 g/mol. The van der Waals surface area contributed by atoms with Crippen molar-refractivity contribution < 1.29 is 9.84 Å². The first-order valence-corrected chi connectivity index (χ1v) is 5.70. The van der Waals surface area contributed by atoms with Gasteiger partial charge in [0.1, 0.15) is 11.5 Å². The van der Waals surface area contributed by atoms with Crippen molar-refractivity contribution in [2.45, 2.75) is 6.61 Å². The second-order valence-electron chi connectivity index (χ2n) is 3.36. The Hall–Kier alpha value is -1.32. The van der Waals surface area contributed by atoms with Crippen LogP contribution in [0.1, 0.15) is 5.56 Å². The molecule has 16 heavy (non-hydrogen) atoms. The molecule has 1 N–H and O–H groups in total. The summed E-state index contributed by atoms with van der Waals surface area (Å²) >= 11 is 3.37. The van der Waals surface area contributed by atoms with Gasteiger partial charge in [-0.1, -0.05) is 28.1 Å². The van der Waals surface area contributed by atoms with Crippen LogP contribution in [-0.4, -0.2) is 5.11 Å². The highest BCUT2D eigenvalue weighted by Crippen LogP contribution is 2.23. The maximum Gasteiger partial charge on any atom is 0.127 e. The highest BCUT2D eigenvalue weighted by atomic mass is 79.9. The maximum absolute atomic E-state index is 9.00. The Morgan fingerprint density at radius 2 is 1.75 bits per heavy atom. The predicted molar refractivity (Wildman–Crippen MR) is 66.6 cm³/mol. The van der Waals surface area contributed by atoms with Gasteiger partial charge in [-0.2, -0.15) is 0 Å². The van der Waals surface area contributed by atoms with Gasteiger partial charge in [-0.25, -0.2) is 0 Å². The number of aliphatic hydroxyl groups excluding tert-OH is 1. The minimum absolute atomic E-state index is 0.0253. The largest absolute Gasteiger partial charge is 0.457 e. The van der Waals surface area contributed by atoms with Crippen LogP contribution >= 0.6 is 15.9 Å². The molecule has 0 heterocycles. The maximum atomic E-state index is 9.00. The summed E-state index contributed by atoms with van der Waals surface area (Å²) in [6.07, 6.45) is 0. The number of hydrogen-bond donors (Lipinski definition) is 1. The van der Waals surface area contributed by atoms with Gasteiger partial charge in [0, 0.05) is 4.47 Å². The van der Waals surface area contributed by atoms with E-state index >= 15 is 0 Å². The summed E-state index contributed by atoms with van der Waals surface area (Å²) < 4.78 is 6.66. The van der Waals surface area contributed by atoms with E-state index in [0.717, 1.165) is 21.5 Å². The van der Waals surface area contributed by atoms with Gasteiger partial charge in [0.2, 0.25) is 0 Å². The number of halogens is 1. The molecule has 0 fully saturated rings. The zero-order valence-corrected chi connectivity index (χ0v) is 10.1. The van der Waals surface area contributed by atoms with E-state index in [0.29, 0.717) is 0 Å². The predicted octanol–water partition coefficient (Wildman–Crippen LogP) is 3.73. The monoisotopic (exact) mass is 278 g/mol. The van der Waals surface area contributed by atoms with Crippen LogP contribution < -0.4 is 4.74 Å². The summed E-state index contributed by atoms with van der Waals surface area (Å²) in [6, 6.07) is 15.0. The molecule has 82 valence electrons. The van der Waals surface area contributed by atoms with Gasteiger partial charge in [-0.3, -0.25) is 0 Å². The van der Waals surface area contributed by atoms with Crippen LogP contribution in [0.2, 0.25) is 0 Å². The van der Waals surface area contributed by atoms with Gasteiger partial charge in [-0.15, -0.1) is 0 Å². The van der Waals surface area contributed by atoms with Crippen molar-refractivity contribution >= 4 is 15.9 Å². The first-order valence-electron chi connectivity index (χ1n) is 4.91. The summed E-state index contributed by atoms with van der Waals surface area (Å²) in [5.41, 5.74) is 0.842. The van der Waals surface area contributed by atoms with Crippen LogP contribution in [0.25, 0.3) is 0 Å².